The second kappa shape index (κ2) is 6.45. The van der Waals surface area contributed by atoms with E-state index in [-0.39, 0.29) is 12.4 Å². The van der Waals surface area contributed by atoms with Crippen LogP contribution in [0.3, 0.4) is 0 Å². The van der Waals surface area contributed by atoms with Gasteiger partial charge in [-0.15, -0.1) is 12.4 Å². The van der Waals surface area contributed by atoms with Gasteiger partial charge in [0, 0.05) is 18.5 Å². The molecule has 1 saturated carbocycles. The van der Waals surface area contributed by atoms with Crippen LogP contribution in [0.25, 0.3) is 0 Å². The van der Waals surface area contributed by atoms with Crippen LogP contribution < -0.4 is 9.47 Å². The molecule has 3 nitrogen and oxygen atoms in total. The lowest BCUT2D eigenvalue weighted by Crippen LogP contribution is -2.45. The Hall–Kier alpha value is -0.930. The van der Waals surface area contributed by atoms with E-state index in [0.29, 0.717) is 5.41 Å². The van der Waals surface area contributed by atoms with Gasteiger partial charge in [0.25, 0.3) is 0 Å². The molecule has 0 bridgehead atoms. The Morgan fingerprint density at radius 1 is 1.00 bits per heavy atom. The third kappa shape index (κ3) is 2.86. The van der Waals surface area contributed by atoms with E-state index < -0.39 is 0 Å². The van der Waals surface area contributed by atoms with Gasteiger partial charge in [0.15, 0.2) is 11.5 Å². The van der Waals surface area contributed by atoms with E-state index in [1.807, 2.05) is 0 Å². The number of ether oxygens (including phenoxy) is 2. The van der Waals surface area contributed by atoms with Crippen LogP contribution >= 0.6 is 12.4 Å². The summed E-state index contributed by atoms with van der Waals surface area (Å²) in [5, 5.41) is 0. The Bertz CT molecular complexity index is 498. The highest BCUT2D eigenvalue weighted by Gasteiger charge is 2.40. The minimum absolute atomic E-state index is 0. The van der Waals surface area contributed by atoms with Gasteiger partial charge in [-0.3, -0.25) is 0 Å². The Labute approximate surface area is 134 Å². The van der Waals surface area contributed by atoms with Crippen LogP contribution in [-0.2, 0) is 12.0 Å². The van der Waals surface area contributed by atoms with Gasteiger partial charge in [-0.25, -0.2) is 0 Å². The summed E-state index contributed by atoms with van der Waals surface area (Å²) in [6.07, 6.45) is 6.69. The maximum atomic E-state index is 5.52. The quantitative estimate of drug-likeness (QED) is 0.830. The molecule has 1 aromatic rings. The van der Waals surface area contributed by atoms with Gasteiger partial charge >= 0.3 is 0 Å². The van der Waals surface area contributed by atoms with Crippen LogP contribution in [-0.4, -0.2) is 32.7 Å². The number of benzene rings is 1. The third-order valence-corrected chi connectivity index (χ3v) is 5.00. The molecule has 1 aromatic carbocycles. The van der Waals surface area contributed by atoms with Gasteiger partial charge in [0.05, 0.1) is 14.2 Å². The molecule has 118 valence electrons. The zero-order chi connectivity index (χ0) is 14.2. The first-order valence-electron chi connectivity index (χ1n) is 7.62. The summed E-state index contributed by atoms with van der Waals surface area (Å²) in [6.45, 7) is 2.19. The molecule has 2 aliphatic rings. The van der Waals surface area contributed by atoms with E-state index >= 15 is 0 Å². The molecule has 1 heterocycles. The molecular weight excluding hydrogens is 286 g/mol. The third-order valence-electron chi connectivity index (χ3n) is 5.00. The smallest absolute Gasteiger partial charge is 0.161 e. The van der Waals surface area contributed by atoms with Gasteiger partial charge < -0.3 is 14.4 Å². The molecule has 0 atom stereocenters. The largest absolute Gasteiger partial charge is 0.493 e. The highest BCUT2D eigenvalue weighted by Crippen LogP contribution is 2.47. The molecule has 3 rings (SSSR count). The fourth-order valence-corrected chi connectivity index (χ4v) is 4.15. The van der Waals surface area contributed by atoms with Crippen molar-refractivity contribution in [1.29, 1.82) is 0 Å². The van der Waals surface area contributed by atoms with E-state index in [2.05, 4.69) is 24.1 Å². The van der Waals surface area contributed by atoms with Crippen LogP contribution in [0.4, 0.5) is 0 Å². The summed E-state index contributed by atoms with van der Waals surface area (Å²) in [6, 6.07) is 4.42. The predicted molar refractivity (Wildman–Crippen MR) is 87.9 cm³/mol. The normalized spacial score (nSPS) is 20.5. The van der Waals surface area contributed by atoms with Gasteiger partial charge in [0.1, 0.15) is 0 Å². The van der Waals surface area contributed by atoms with Crippen LogP contribution in [0.5, 0.6) is 11.5 Å². The van der Waals surface area contributed by atoms with E-state index in [9.17, 15) is 0 Å². The van der Waals surface area contributed by atoms with E-state index in [1.54, 1.807) is 14.2 Å². The van der Waals surface area contributed by atoms with Gasteiger partial charge in [-0.1, -0.05) is 19.3 Å². The molecule has 0 aromatic heterocycles. The predicted octanol–water partition coefficient (Wildman–Crippen LogP) is 3.77. The van der Waals surface area contributed by atoms with Crippen molar-refractivity contribution < 1.29 is 9.47 Å². The Morgan fingerprint density at radius 3 is 2.24 bits per heavy atom. The van der Waals surface area contributed by atoms with Crippen LogP contribution in [0.2, 0.25) is 0 Å². The van der Waals surface area contributed by atoms with Crippen molar-refractivity contribution in [3.05, 3.63) is 23.3 Å². The van der Waals surface area contributed by atoms with Crippen molar-refractivity contribution in [2.45, 2.75) is 44.1 Å². The average molecular weight is 312 g/mol. The molecule has 1 aliphatic carbocycles. The number of likely N-dealkylation sites (N-methyl/N-ethyl adjacent to an activating group) is 1. The second-order valence-corrected chi connectivity index (χ2v) is 6.38. The first-order chi connectivity index (χ1) is 9.68. The van der Waals surface area contributed by atoms with Gasteiger partial charge in [-0.2, -0.15) is 0 Å². The van der Waals surface area contributed by atoms with Crippen molar-refractivity contribution in [1.82, 2.24) is 4.90 Å². The standard InChI is InChI=1S/C17H25NO2.ClH/c1-18-11-13-9-15(19-2)16(20-3)10-14(13)17(12-18)7-5-4-6-8-17;/h9-10H,4-8,11-12H2,1-3H3;1H. The summed E-state index contributed by atoms with van der Waals surface area (Å²) in [5.41, 5.74) is 3.26. The zero-order valence-corrected chi connectivity index (χ0v) is 14.1. The van der Waals surface area contributed by atoms with Gasteiger partial charge in [0.2, 0.25) is 0 Å². The lowest BCUT2D eigenvalue weighted by Gasteiger charge is -2.45. The Morgan fingerprint density at radius 2 is 1.62 bits per heavy atom. The van der Waals surface area contributed by atoms with Crippen molar-refractivity contribution >= 4 is 12.4 Å². The number of nitrogens with zero attached hydrogens (tertiary/aromatic N) is 1. The fraction of sp³-hybridized carbons (Fsp3) is 0.647. The molecule has 1 spiro atoms. The van der Waals surface area contributed by atoms with E-state index in [0.717, 1.165) is 18.0 Å². The molecule has 0 radical (unpaired) electrons. The maximum absolute atomic E-state index is 5.52. The number of halogens is 1. The molecular formula is C17H26ClNO2. The van der Waals surface area contributed by atoms with E-state index in [4.69, 9.17) is 9.47 Å². The minimum atomic E-state index is 0. The summed E-state index contributed by atoms with van der Waals surface area (Å²) < 4.78 is 11.0. The Kier molecular flexibility index (Phi) is 5.05. The molecule has 1 fully saturated rings. The summed E-state index contributed by atoms with van der Waals surface area (Å²) in [5.74, 6) is 1.73. The molecule has 1 aliphatic heterocycles. The number of rotatable bonds is 2. The summed E-state index contributed by atoms with van der Waals surface area (Å²) in [4.78, 5) is 2.46. The average Bonchev–Trinajstić information content (AvgIpc) is 2.46. The highest BCUT2D eigenvalue weighted by molar-refractivity contribution is 5.85. The summed E-state index contributed by atoms with van der Waals surface area (Å²) in [7, 11) is 5.68. The monoisotopic (exact) mass is 311 g/mol. The molecule has 0 unspecified atom stereocenters. The van der Waals surface area contributed by atoms with Crippen molar-refractivity contribution in [2.75, 3.05) is 27.8 Å². The minimum Gasteiger partial charge on any atom is -0.493 e. The van der Waals surface area contributed by atoms with E-state index in [1.165, 1.54) is 49.8 Å². The van der Waals surface area contributed by atoms with Crippen molar-refractivity contribution in [3.63, 3.8) is 0 Å². The topological polar surface area (TPSA) is 21.7 Å². The number of methoxy groups -OCH3 is 2. The first-order valence-corrected chi connectivity index (χ1v) is 7.62. The first kappa shape index (κ1) is 16.4. The SMILES string of the molecule is COc1cc2c(cc1OC)C1(CCCCC1)CN(C)C2.Cl. The molecule has 4 heteroatoms. The van der Waals surface area contributed by atoms with Gasteiger partial charge in [-0.05, 0) is 43.1 Å². The highest BCUT2D eigenvalue weighted by atomic mass is 35.5. The molecule has 0 saturated heterocycles. The number of fused-ring (bicyclic) bond motifs is 2. The molecule has 21 heavy (non-hydrogen) atoms. The number of hydrogen-bond acceptors (Lipinski definition) is 3. The summed E-state index contributed by atoms with van der Waals surface area (Å²) >= 11 is 0. The number of hydrogen-bond donors (Lipinski definition) is 0. The van der Waals surface area contributed by atoms with Crippen molar-refractivity contribution in [3.8, 4) is 11.5 Å². The van der Waals surface area contributed by atoms with Crippen LogP contribution in [0, 0.1) is 0 Å². The lowest BCUT2D eigenvalue weighted by molar-refractivity contribution is 0.166. The Balaban J connectivity index is 0.00000161. The van der Waals surface area contributed by atoms with Crippen LogP contribution in [0.15, 0.2) is 12.1 Å². The zero-order valence-electron chi connectivity index (χ0n) is 13.3. The maximum Gasteiger partial charge on any atom is 0.161 e. The van der Waals surface area contributed by atoms with Crippen LogP contribution in [0.1, 0.15) is 43.2 Å². The fourth-order valence-electron chi connectivity index (χ4n) is 4.15. The molecule has 0 N–H and O–H groups in total. The second-order valence-electron chi connectivity index (χ2n) is 6.38. The molecule has 0 amide bonds. The van der Waals surface area contributed by atoms with Crippen molar-refractivity contribution in [2.24, 2.45) is 0 Å². The lowest BCUT2D eigenvalue weighted by atomic mass is 9.66.